The first-order valence-corrected chi connectivity index (χ1v) is 7.48. The number of carbonyl (C=O) groups is 1. The Morgan fingerprint density at radius 2 is 1.85 bits per heavy atom. The Kier molecular flexibility index (Phi) is 4.69. The standard InChI is InChI=1S/C17H25NO2/c1-17(2,3)14-8-7-12-18(13-11-14)16(19)20-15-9-5-4-6-10-15/h4-6,9-10,14H,7-8,11-13H2,1-3H3. The lowest BCUT2D eigenvalue weighted by molar-refractivity contribution is 0.150. The smallest absolute Gasteiger partial charge is 0.410 e. The summed E-state index contributed by atoms with van der Waals surface area (Å²) in [5, 5.41) is 0. The molecule has 1 aliphatic heterocycles. The van der Waals surface area contributed by atoms with Gasteiger partial charge in [-0.15, -0.1) is 0 Å². The van der Waals surface area contributed by atoms with Gasteiger partial charge >= 0.3 is 6.09 Å². The van der Waals surface area contributed by atoms with Crippen LogP contribution in [0.1, 0.15) is 40.0 Å². The van der Waals surface area contributed by atoms with Crippen molar-refractivity contribution in [1.29, 1.82) is 0 Å². The first-order valence-electron chi connectivity index (χ1n) is 7.48. The van der Waals surface area contributed by atoms with E-state index < -0.39 is 0 Å². The van der Waals surface area contributed by atoms with Crippen LogP contribution in [-0.2, 0) is 0 Å². The molecular weight excluding hydrogens is 250 g/mol. The van der Waals surface area contributed by atoms with E-state index in [1.165, 1.54) is 6.42 Å². The van der Waals surface area contributed by atoms with E-state index in [9.17, 15) is 4.79 Å². The van der Waals surface area contributed by atoms with Crippen molar-refractivity contribution in [2.75, 3.05) is 13.1 Å². The maximum absolute atomic E-state index is 12.2. The van der Waals surface area contributed by atoms with E-state index in [1.54, 1.807) is 0 Å². The zero-order valence-electron chi connectivity index (χ0n) is 12.8. The minimum atomic E-state index is -0.217. The third-order valence-corrected chi connectivity index (χ3v) is 4.16. The highest BCUT2D eigenvalue weighted by Crippen LogP contribution is 2.34. The van der Waals surface area contributed by atoms with Gasteiger partial charge in [-0.1, -0.05) is 39.0 Å². The van der Waals surface area contributed by atoms with Crippen molar-refractivity contribution in [2.24, 2.45) is 11.3 Å². The number of para-hydroxylation sites is 1. The van der Waals surface area contributed by atoms with Crippen LogP contribution in [0.15, 0.2) is 30.3 Å². The largest absolute Gasteiger partial charge is 0.415 e. The summed E-state index contributed by atoms with van der Waals surface area (Å²) in [6, 6.07) is 9.29. The molecular formula is C17H25NO2. The van der Waals surface area contributed by atoms with Crippen molar-refractivity contribution < 1.29 is 9.53 Å². The van der Waals surface area contributed by atoms with Gasteiger partial charge in [0.25, 0.3) is 0 Å². The first kappa shape index (κ1) is 14.9. The fraction of sp³-hybridized carbons (Fsp3) is 0.588. The molecule has 1 saturated heterocycles. The van der Waals surface area contributed by atoms with Gasteiger partial charge in [0, 0.05) is 13.1 Å². The SMILES string of the molecule is CC(C)(C)C1CCCN(C(=O)Oc2ccccc2)CC1. The van der Waals surface area contributed by atoms with Crippen molar-refractivity contribution in [3.63, 3.8) is 0 Å². The van der Waals surface area contributed by atoms with Crippen molar-refractivity contribution in [1.82, 2.24) is 4.90 Å². The third-order valence-electron chi connectivity index (χ3n) is 4.16. The van der Waals surface area contributed by atoms with E-state index in [0.717, 1.165) is 25.9 Å². The number of amides is 1. The highest BCUT2D eigenvalue weighted by Gasteiger charge is 2.28. The lowest BCUT2D eigenvalue weighted by atomic mass is 9.77. The highest BCUT2D eigenvalue weighted by molar-refractivity contribution is 5.70. The van der Waals surface area contributed by atoms with E-state index in [2.05, 4.69) is 20.8 Å². The number of ether oxygens (including phenoxy) is 1. The molecule has 1 heterocycles. The van der Waals surface area contributed by atoms with Crippen LogP contribution in [0, 0.1) is 11.3 Å². The van der Waals surface area contributed by atoms with Crippen LogP contribution < -0.4 is 4.74 Å². The number of carbonyl (C=O) groups excluding carboxylic acids is 1. The monoisotopic (exact) mass is 275 g/mol. The molecule has 0 N–H and O–H groups in total. The molecule has 0 spiro atoms. The van der Waals surface area contributed by atoms with Crippen LogP contribution >= 0.6 is 0 Å². The second kappa shape index (κ2) is 6.29. The molecule has 0 aromatic heterocycles. The Hall–Kier alpha value is -1.51. The number of nitrogens with zero attached hydrogens (tertiary/aromatic N) is 1. The lowest BCUT2D eigenvalue weighted by Gasteiger charge is -2.29. The summed E-state index contributed by atoms with van der Waals surface area (Å²) < 4.78 is 5.42. The minimum Gasteiger partial charge on any atom is -0.410 e. The normalized spacial score (nSPS) is 20.4. The number of hydrogen-bond donors (Lipinski definition) is 0. The van der Waals surface area contributed by atoms with Gasteiger partial charge in [0.05, 0.1) is 0 Å². The van der Waals surface area contributed by atoms with Gasteiger partial charge in [0.15, 0.2) is 0 Å². The second-order valence-electron chi connectivity index (χ2n) is 6.66. The second-order valence-corrected chi connectivity index (χ2v) is 6.66. The van der Waals surface area contributed by atoms with Gasteiger partial charge < -0.3 is 9.64 Å². The first-order chi connectivity index (χ1) is 9.47. The number of rotatable bonds is 1. The summed E-state index contributed by atoms with van der Waals surface area (Å²) in [7, 11) is 0. The summed E-state index contributed by atoms with van der Waals surface area (Å²) in [4.78, 5) is 14.0. The molecule has 1 aliphatic rings. The van der Waals surface area contributed by atoms with Gasteiger partial charge in [0.2, 0.25) is 0 Å². The van der Waals surface area contributed by atoms with Crippen LogP contribution in [0.3, 0.4) is 0 Å². The molecule has 1 amide bonds. The molecule has 3 nitrogen and oxygen atoms in total. The van der Waals surface area contributed by atoms with Gasteiger partial charge in [-0.2, -0.15) is 0 Å². The average molecular weight is 275 g/mol. The predicted molar refractivity (Wildman–Crippen MR) is 80.8 cm³/mol. The minimum absolute atomic E-state index is 0.217. The Labute approximate surface area is 121 Å². The fourth-order valence-electron chi connectivity index (χ4n) is 2.80. The van der Waals surface area contributed by atoms with E-state index in [4.69, 9.17) is 4.74 Å². The molecule has 2 rings (SSSR count). The van der Waals surface area contributed by atoms with Crippen LogP contribution in [0.4, 0.5) is 4.79 Å². The van der Waals surface area contributed by atoms with Crippen molar-refractivity contribution >= 4 is 6.09 Å². The molecule has 1 aromatic carbocycles. The fourth-order valence-corrected chi connectivity index (χ4v) is 2.80. The zero-order valence-corrected chi connectivity index (χ0v) is 12.8. The van der Waals surface area contributed by atoms with E-state index in [1.807, 2.05) is 35.2 Å². The zero-order chi connectivity index (χ0) is 14.6. The highest BCUT2D eigenvalue weighted by atomic mass is 16.6. The Morgan fingerprint density at radius 3 is 2.50 bits per heavy atom. The summed E-state index contributed by atoms with van der Waals surface area (Å²) >= 11 is 0. The topological polar surface area (TPSA) is 29.5 Å². The van der Waals surface area contributed by atoms with E-state index >= 15 is 0 Å². The molecule has 1 unspecified atom stereocenters. The van der Waals surface area contributed by atoms with Crippen LogP contribution in [0.5, 0.6) is 5.75 Å². The molecule has 0 aliphatic carbocycles. The van der Waals surface area contributed by atoms with E-state index in [-0.39, 0.29) is 6.09 Å². The number of hydrogen-bond acceptors (Lipinski definition) is 2. The third kappa shape index (κ3) is 3.99. The van der Waals surface area contributed by atoms with Gasteiger partial charge in [-0.05, 0) is 42.7 Å². The molecule has 0 radical (unpaired) electrons. The molecule has 0 bridgehead atoms. The Morgan fingerprint density at radius 1 is 1.15 bits per heavy atom. The van der Waals surface area contributed by atoms with E-state index in [0.29, 0.717) is 17.1 Å². The summed E-state index contributed by atoms with van der Waals surface area (Å²) in [6.45, 7) is 8.46. The Balaban J connectivity index is 1.92. The Bertz CT molecular complexity index is 436. The molecule has 20 heavy (non-hydrogen) atoms. The molecule has 0 saturated carbocycles. The van der Waals surface area contributed by atoms with Gasteiger partial charge in [-0.3, -0.25) is 0 Å². The predicted octanol–water partition coefficient (Wildman–Crippen LogP) is 4.33. The van der Waals surface area contributed by atoms with Gasteiger partial charge in [0.1, 0.15) is 5.75 Å². The van der Waals surface area contributed by atoms with Crippen LogP contribution in [0.2, 0.25) is 0 Å². The van der Waals surface area contributed by atoms with Crippen LogP contribution in [-0.4, -0.2) is 24.1 Å². The maximum Gasteiger partial charge on any atom is 0.415 e. The summed E-state index contributed by atoms with van der Waals surface area (Å²) in [5.74, 6) is 1.30. The van der Waals surface area contributed by atoms with Crippen molar-refractivity contribution in [3.05, 3.63) is 30.3 Å². The number of likely N-dealkylation sites (tertiary alicyclic amines) is 1. The quantitative estimate of drug-likeness (QED) is 0.763. The lowest BCUT2D eigenvalue weighted by Crippen LogP contribution is -2.34. The maximum atomic E-state index is 12.2. The molecule has 110 valence electrons. The van der Waals surface area contributed by atoms with Crippen molar-refractivity contribution in [3.8, 4) is 5.75 Å². The summed E-state index contributed by atoms with van der Waals surface area (Å²) in [6.07, 6.45) is 3.10. The van der Waals surface area contributed by atoms with Crippen LogP contribution in [0.25, 0.3) is 0 Å². The molecule has 1 aromatic rings. The molecule has 1 fully saturated rings. The summed E-state index contributed by atoms with van der Waals surface area (Å²) in [5.41, 5.74) is 0.319. The van der Waals surface area contributed by atoms with Gasteiger partial charge in [-0.25, -0.2) is 4.79 Å². The molecule has 1 atom stereocenters. The number of benzene rings is 1. The molecule has 3 heteroatoms. The average Bonchev–Trinajstić information content (AvgIpc) is 2.65. The van der Waals surface area contributed by atoms with Crippen molar-refractivity contribution in [2.45, 2.75) is 40.0 Å².